The number of morpholine rings is 1. The lowest BCUT2D eigenvalue weighted by Crippen LogP contribution is -2.54. The second kappa shape index (κ2) is 15.1. The summed E-state index contributed by atoms with van der Waals surface area (Å²) in [5.41, 5.74) is 7.84. The number of nitrogens with zero attached hydrogens (tertiary/aromatic N) is 2. The Morgan fingerprint density at radius 2 is 1.81 bits per heavy atom. The van der Waals surface area contributed by atoms with Gasteiger partial charge in [0.25, 0.3) is 0 Å². The Hall–Kier alpha value is -3.07. The minimum Gasteiger partial charge on any atom is -0.391 e. The monoisotopic (exact) mass is 635 g/mol. The molecule has 2 saturated heterocycles. The number of carbonyl (C=O) groups is 3. The lowest BCUT2D eigenvalue weighted by atomic mass is 10.1. The number of sulfonamides is 1. The Bertz CT molecular complexity index is 1390. The SMILES string of the molecule is NCc1ccc(Cl)cc1CNC(=O)[C@@H]1C[C@H](O)CN1C(=O)[C@@H](CCC(=O)N1CCOCC1)NS(=O)(=O)Cc1ccccc1. The number of nitrogens with two attached hydrogens (primary N) is 1. The maximum absolute atomic E-state index is 13.9. The minimum atomic E-state index is -4.02. The topological polar surface area (TPSA) is 171 Å². The second-order valence-electron chi connectivity index (χ2n) is 10.7. The number of ether oxygens (including phenoxy) is 1. The molecule has 4 rings (SSSR count). The summed E-state index contributed by atoms with van der Waals surface area (Å²) >= 11 is 6.11. The first-order valence-electron chi connectivity index (χ1n) is 14.2. The van der Waals surface area contributed by atoms with Crippen LogP contribution in [0.4, 0.5) is 0 Å². The van der Waals surface area contributed by atoms with Crippen LogP contribution in [0.1, 0.15) is 36.0 Å². The van der Waals surface area contributed by atoms with E-state index in [4.69, 9.17) is 22.1 Å². The van der Waals surface area contributed by atoms with Crippen molar-refractivity contribution in [1.82, 2.24) is 19.8 Å². The number of aliphatic hydroxyl groups is 1. The predicted octanol–water partition coefficient (Wildman–Crippen LogP) is 0.504. The average Bonchev–Trinajstić information content (AvgIpc) is 3.39. The number of carbonyl (C=O) groups excluding carboxylic acids is 3. The highest BCUT2D eigenvalue weighted by Crippen LogP contribution is 2.22. The van der Waals surface area contributed by atoms with Crippen LogP contribution >= 0.6 is 11.6 Å². The van der Waals surface area contributed by atoms with Crippen molar-refractivity contribution in [1.29, 1.82) is 0 Å². The Morgan fingerprint density at radius 1 is 1.09 bits per heavy atom. The molecule has 234 valence electrons. The number of amides is 3. The zero-order chi connectivity index (χ0) is 31.0. The van der Waals surface area contributed by atoms with E-state index in [-0.39, 0.29) is 50.6 Å². The number of nitrogens with one attached hydrogen (secondary N) is 2. The number of aliphatic hydroxyl groups excluding tert-OH is 1. The van der Waals surface area contributed by atoms with E-state index in [2.05, 4.69) is 10.0 Å². The van der Waals surface area contributed by atoms with Gasteiger partial charge in [0, 0.05) is 50.6 Å². The molecule has 2 aromatic rings. The lowest BCUT2D eigenvalue weighted by Gasteiger charge is -2.30. The molecule has 43 heavy (non-hydrogen) atoms. The van der Waals surface area contributed by atoms with E-state index in [1.54, 1.807) is 53.4 Å². The molecule has 0 radical (unpaired) electrons. The van der Waals surface area contributed by atoms with E-state index in [0.29, 0.717) is 42.5 Å². The van der Waals surface area contributed by atoms with Crippen LogP contribution in [-0.4, -0.2) is 92.1 Å². The van der Waals surface area contributed by atoms with Crippen molar-refractivity contribution in [2.75, 3.05) is 32.8 Å². The molecule has 2 fully saturated rings. The zero-order valence-electron chi connectivity index (χ0n) is 23.8. The molecule has 2 heterocycles. The molecule has 3 amide bonds. The fourth-order valence-corrected chi connectivity index (χ4v) is 6.85. The van der Waals surface area contributed by atoms with Crippen molar-refractivity contribution in [2.45, 2.75) is 56.3 Å². The van der Waals surface area contributed by atoms with Crippen LogP contribution in [0.2, 0.25) is 5.02 Å². The number of β-amino-alcohol motifs (C(OH)–C–C–N with tert-alkyl or cyclic N) is 1. The third kappa shape index (κ3) is 9.21. The number of halogens is 1. The molecule has 0 aliphatic carbocycles. The molecule has 2 aromatic carbocycles. The van der Waals surface area contributed by atoms with Crippen molar-refractivity contribution in [3.05, 3.63) is 70.2 Å². The Kier molecular flexibility index (Phi) is 11.5. The Morgan fingerprint density at radius 3 is 2.51 bits per heavy atom. The highest BCUT2D eigenvalue weighted by molar-refractivity contribution is 7.88. The lowest BCUT2D eigenvalue weighted by molar-refractivity contribution is -0.140. The third-order valence-corrected chi connectivity index (χ3v) is 9.13. The van der Waals surface area contributed by atoms with Gasteiger partial charge in [0.2, 0.25) is 27.7 Å². The van der Waals surface area contributed by atoms with Crippen LogP contribution < -0.4 is 15.8 Å². The van der Waals surface area contributed by atoms with Crippen LogP contribution in [0.15, 0.2) is 48.5 Å². The van der Waals surface area contributed by atoms with Crippen molar-refractivity contribution < 1.29 is 32.6 Å². The predicted molar refractivity (Wildman–Crippen MR) is 160 cm³/mol. The van der Waals surface area contributed by atoms with E-state index in [0.717, 1.165) is 5.56 Å². The van der Waals surface area contributed by atoms with Crippen molar-refractivity contribution in [2.24, 2.45) is 5.73 Å². The quantitative estimate of drug-likeness (QED) is 0.261. The van der Waals surface area contributed by atoms with E-state index in [1.807, 2.05) is 0 Å². The number of rotatable bonds is 12. The van der Waals surface area contributed by atoms with Crippen LogP contribution in [0, 0.1) is 0 Å². The molecule has 14 heteroatoms. The molecule has 2 aliphatic heterocycles. The van der Waals surface area contributed by atoms with Crippen LogP contribution in [0.25, 0.3) is 0 Å². The van der Waals surface area contributed by atoms with Gasteiger partial charge in [0.05, 0.1) is 25.1 Å². The van der Waals surface area contributed by atoms with Crippen molar-refractivity contribution >= 4 is 39.3 Å². The molecule has 12 nitrogen and oxygen atoms in total. The zero-order valence-corrected chi connectivity index (χ0v) is 25.4. The number of likely N-dealkylation sites (tertiary alicyclic amines) is 1. The van der Waals surface area contributed by atoms with Gasteiger partial charge in [-0.3, -0.25) is 14.4 Å². The van der Waals surface area contributed by atoms with Crippen LogP contribution in [0.3, 0.4) is 0 Å². The fourth-order valence-electron chi connectivity index (χ4n) is 5.29. The summed E-state index contributed by atoms with van der Waals surface area (Å²) in [4.78, 5) is 42.8. The second-order valence-corrected chi connectivity index (χ2v) is 12.9. The molecule has 3 atom stereocenters. The summed E-state index contributed by atoms with van der Waals surface area (Å²) in [6, 6.07) is 11.3. The third-order valence-electron chi connectivity index (χ3n) is 7.54. The van der Waals surface area contributed by atoms with Gasteiger partial charge in [-0.25, -0.2) is 13.1 Å². The maximum atomic E-state index is 13.9. The highest BCUT2D eigenvalue weighted by Gasteiger charge is 2.42. The van der Waals surface area contributed by atoms with Gasteiger partial charge >= 0.3 is 0 Å². The summed E-state index contributed by atoms with van der Waals surface area (Å²) in [6.45, 7) is 1.82. The summed E-state index contributed by atoms with van der Waals surface area (Å²) in [5, 5.41) is 13.7. The average molecular weight is 636 g/mol. The number of hydrogen-bond acceptors (Lipinski definition) is 8. The molecular weight excluding hydrogens is 598 g/mol. The molecule has 0 aromatic heterocycles. The van der Waals surface area contributed by atoms with Gasteiger partial charge in [-0.05, 0) is 35.2 Å². The van der Waals surface area contributed by atoms with Crippen LogP contribution in [0.5, 0.6) is 0 Å². The molecule has 0 saturated carbocycles. The summed E-state index contributed by atoms with van der Waals surface area (Å²) < 4.78 is 34.1. The van der Waals surface area contributed by atoms with E-state index in [9.17, 15) is 27.9 Å². The van der Waals surface area contributed by atoms with E-state index < -0.39 is 40.0 Å². The largest absolute Gasteiger partial charge is 0.391 e. The minimum absolute atomic E-state index is 0.0208. The summed E-state index contributed by atoms with van der Waals surface area (Å²) in [6.07, 6.45) is -1.21. The molecule has 5 N–H and O–H groups in total. The summed E-state index contributed by atoms with van der Waals surface area (Å²) in [7, 11) is -4.02. The van der Waals surface area contributed by atoms with Gasteiger partial charge in [0.15, 0.2) is 0 Å². The molecule has 0 spiro atoms. The summed E-state index contributed by atoms with van der Waals surface area (Å²) in [5.74, 6) is -1.79. The van der Waals surface area contributed by atoms with Crippen LogP contribution in [-0.2, 0) is 48.0 Å². The van der Waals surface area contributed by atoms with Gasteiger partial charge in [-0.15, -0.1) is 0 Å². The first-order valence-corrected chi connectivity index (χ1v) is 16.2. The molecule has 2 aliphatic rings. The fraction of sp³-hybridized carbons (Fsp3) is 0.483. The van der Waals surface area contributed by atoms with Crippen molar-refractivity contribution in [3.8, 4) is 0 Å². The first kappa shape index (κ1) is 32.8. The number of hydrogen-bond donors (Lipinski definition) is 4. The standard InChI is InChI=1S/C29H38ClN5O7S/c30-23-7-6-21(16-31)22(14-23)17-32-28(38)26-15-24(36)18-35(26)29(39)25(8-9-27(37)34-10-12-42-13-11-34)33-43(40,41)19-20-4-2-1-3-5-20/h1-7,14,24-26,33,36H,8-13,15-19,31H2,(H,32,38)/t24-,25+,26-/m0/s1. The van der Waals surface area contributed by atoms with Gasteiger partial charge < -0.3 is 30.7 Å². The van der Waals surface area contributed by atoms with Crippen molar-refractivity contribution in [3.63, 3.8) is 0 Å². The smallest absolute Gasteiger partial charge is 0.243 e. The van der Waals surface area contributed by atoms with E-state index in [1.165, 1.54) is 4.90 Å². The van der Waals surface area contributed by atoms with Gasteiger partial charge in [-0.1, -0.05) is 48.0 Å². The maximum Gasteiger partial charge on any atom is 0.243 e. The van der Waals surface area contributed by atoms with E-state index >= 15 is 0 Å². The first-order chi connectivity index (χ1) is 20.6. The molecular formula is C29H38ClN5O7S. The normalized spacial score (nSPS) is 19.7. The van der Waals surface area contributed by atoms with Gasteiger partial charge in [-0.2, -0.15) is 0 Å². The highest BCUT2D eigenvalue weighted by atomic mass is 35.5. The Balaban J connectivity index is 1.49. The van der Waals surface area contributed by atoms with Gasteiger partial charge in [0.1, 0.15) is 12.1 Å². The molecule has 0 unspecified atom stereocenters. The molecule has 0 bridgehead atoms. The Labute approximate surface area is 256 Å². The number of benzene rings is 2.